The minimum Gasteiger partial charge on any atom is -0.784 e. The van der Waals surface area contributed by atoms with Crippen LogP contribution in [0.2, 0.25) is 0 Å². The van der Waals surface area contributed by atoms with Crippen LogP contribution in [0.5, 0.6) is 0 Å². The van der Waals surface area contributed by atoms with Crippen LogP contribution >= 0.6 is 0 Å². The van der Waals surface area contributed by atoms with Crippen LogP contribution in [0.25, 0.3) is 0 Å². The Bertz CT molecular complexity index is 241. The van der Waals surface area contributed by atoms with Gasteiger partial charge in [0.25, 0.3) is 0 Å². The molecule has 68 valence electrons. The molecule has 0 aromatic carbocycles. The lowest BCUT2D eigenvalue weighted by atomic mass is 9.98. The summed E-state index contributed by atoms with van der Waals surface area (Å²) in [5.74, 6) is 0. The van der Waals surface area contributed by atoms with E-state index >= 15 is 0 Å². The predicted molar refractivity (Wildman–Crippen MR) is 47.5 cm³/mol. The minimum absolute atomic E-state index is 0.556. The summed E-state index contributed by atoms with van der Waals surface area (Å²) in [5.41, 5.74) is -0.659. The second-order valence-electron chi connectivity index (χ2n) is 4.22. The zero-order valence-electron chi connectivity index (χ0n) is 7.92. The Morgan fingerprint density at radius 3 is 2.08 bits per heavy atom. The predicted octanol–water partition coefficient (Wildman–Crippen LogP) is 1.48. The Kier molecular flexibility index (Phi) is 1.89. The summed E-state index contributed by atoms with van der Waals surface area (Å²) in [6.45, 7) is 7.13. The molecule has 0 bridgehead atoms. The molecule has 0 N–H and O–H groups in total. The van der Waals surface area contributed by atoms with Gasteiger partial charge in [-0.25, -0.2) is 0 Å². The van der Waals surface area contributed by atoms with Gasteiger partial charge in [-0.3, -0.25) is 4.79 Å². The Morgan fingerprint density at radius 1 is 1.42 bits per heavy atom. The summed E-state index contributed by atoms with van der Waals surface area (Å²) in [6, 6.07) is 0. The SMILES string of the molecule is CC1(C)C=C(C=O)C(C)(C)N1[O-]. The van der Waals surface area contributed by atoms with Crippen LogP contribution < -0.4 is 0 Å². The number of carbonyl (C=O) groups excluding carboxylic acids is 1. The number of hydrogen-bond donors (Lipinski definition) is 0. The van der Waals surface area contributed by atoms with Crippen LogP contribution in [-0.4, -0.2) is 22.4 Å². The van der Waals surface area contributed by atoms with Gasteiger partial charge >= 0.3 is 0 Å². The molecule has 0 amide bonds. The van der Waals surface area contributed by atoms with E-state index in [1.165, 1.54) is 0 Å². The van der Waals surface area contributed by atoms with Gasteiger partial charge in [0.1, 0.15) is 6.29 Å². The normalized spacial score (nSPS) is 26.9. The van der Waals surface area contributed by atoms with Crippen molar-refractivity contribution in [3.05, 3.63) is 16.9 Å². The third kappa shape index (κ3) is 1.09. The van der Waals surface area contributed by atoms with Gasteiger partial charge < -0.3 is 10.3 Å². The maximum atomic E-state index is 11.6. The third-order valence-electron chi connectivity index (χ3n) is 2.37. The van der Waals surface area contributed by atoms with Gasteiger partial charge in [-0.05, 0) is 27.7 Å². The maximum Gasteiger partial charge on any atom is 0.147 e. The molecule has 0 aliphatic carbocycles. The highest BCUT2D eigenvalue weighted by Crippen LogP contribution is 2.37. The molecule has 1 heterocycles. The molecule has 12 heavy (non-hydrogen) atoms. The van der Waals surface area contributed by atoms with Crippen LogP contribution in [0.1, 0.15) is 27.7 Å². The molecule has 3 heteroatoms. The first-order valence-electron chi connectivity index (χ1n) is 3.98. The van der Waals surface area contributed by atoms with E-state index in [9.17, 15) is 10.0 Å². The maximum absolute atomic E-state index is 11.6. The fourth-order valence-corrected chi connectivity index (χ4v) is 1.63. The highest BCUT2D eigenvalue weighted by atomic mass is 16.5. The zero-order chi connectivity index (χ0) is 9.57. The molecule has 0 saturated heterocycles. The Morgan fingerprint density at radius 2 is 1.92 bits per heavy atom. The van der Waals surface area contributed by atoms with E-state index < -0.39 is 11.1 Å². The molecule has 0 fully saturated rings. The summed E-state index contributed by atoms with van der Waals surface area (Å²) in [6.07, 6.45) is 2.49. The van der Waals surface area contributed by atoms with E-state index in [-0.39, 0.29) is 0 Å². The molecule has 1 rings (SSSR count). The average Bonchev–Trinajstić information content (AvgIpc) is 2.11. The quantitative estimate of drug-likeness (QED) is 0.557. The van der Waals surface area contributed by atoms with Crippen molar-refractivity contribution < 1.29 is 4.79 Å². The standard InChI is InChI=1S/C9H14NO2/c1-8(2)5-7(6-11)9(3,4)10(8)12/h5-6H,1-4H3/q-1. The third-order valence-corrected chi connectivity index (χ3v) is 2.37. The first-order chi connectivity index (χ1) is 5.32. The van der Waals surface area contributed by atoms with Crippen molar-refractivity contribution in [2.45, 2.75) is 38.8 Å². The van der Waals surface area contributed by atoms with Crippen molar-refractivity contribution in [2.75, 3.05) is 0 Å². The first kappa shape index (κ1) is 9.42. The number of aldehydes is 1. The lowest BCUT2D eigenvalue weighted by Crippen LogP contribution is -2.46. The minimum atomic E-state index is -0.675. The van der Waals surface area contributed by atoms with E-state index in [1.54, 1.807) is 33.8 Å². The average molecular weight is 168 g/mol. The first-order valence-corrected chi connectivity index (χ1v) is 3.98. The monoisotopic (exact) mass is 168 g/mol. The number of hydroxylamine groups is 2. The summed E-state index contributed by atoms with van der Waals surface area (Å²) >= 11 is 0. The zero-order valence-corrected chi connectivity index (χ0v) is 7.92. The summed E-state index contributed by atoms with van der Waals surface area (Å²) in [7, 11) is 0. The van der Waals surface area contributed by atoms with Crippen LogP contribution in [0.15, 0.2) is 11.6 Å². The van der Waals surface area contributed by atoms with E-state index in [4.69, 9.17) is 0 Å². The second-order valence-corrected chi connectivity index (χ2v) is 4.22. The topological polar surface area (TPSA) is 43.4 Å². The molecule has 3 nitrogen and oxygen atoms in total. The van der Waals surface area contributed by atoms with Crippen LogP contribution in [0, 0.1) is 5.21 Å². The highest BCUT2D eigenvalue weighted by molar-refractivity contribution is 5.78. The summed E-state index contributed by atoms with van der Waals surface area (Å²) in [4.78, 5) is 10.6. The molecule has 1 aliphatic heterocycles. The van der Waals surface area contributed by atoms with Crippen LogP contribution in [-0.2, 0) is 4.79 Å². The second kappa shape index (κ2) is 2.41. The van der Waals surface area contributed by atoms with Crippen molar-refractivity contribution in [1.82, 2.24) is 5.06 Å². The van der Waals surface area contributed by atoms with Gasteiger partial charge in [0.05, 0.1) is 0 Å². The van der Waals surface area contributed by atoms with Crippen LogP contribution in [0.4, 0.5) is 0 Å². The molecule has 0 spiro atoms. The molecule has 0 radical (unpaired) electrons. The van der Waals surface area contributed by atoms with Crippen molar-refractivity contribution in [3.63, 3.8) is 0 Å². The van der Waals surface area contributed by atoms with Gasteiger partial charge in [-0.2, -0.15) is 0 Å². The Balaban J connectivity index is 3.12. The van der Waals surface area contributed by atoms with Gasteiger partial charge in [0.2, 0.25) is 0 Å². The molecule has 0 saturated carbocycles. The van der Waals surface area contributed by atoms with E-state index in [0.29, 0.717) is 5.57 Å². The van der Waals surface area contributed by atoms with E-state index in [2.05, 4.69) is 0 Å². The lowest BCUT2D eigenvalue weighted by molar-refractivity contribution is -0.105. The number of nitrogens with zero attached hydrogens (tertiary/aromatic N) is 1. The van der Waals surface area contributed by atoms with E-state index in [0.717, 1.165) is 11.3 Å². The highest BCUT2D eigenvalue weighted by Gasteiger charge is 2.39. The molecular formula is C9H14NO2-. The van der Waals surface area contributed by atoms with Gasteiger partial charge in [0, 0.05) is 16.7 Å². The molecule has 0 aromatic rings. The number of rotatable bonds is 1. The molecule has 0 unspecified atom stereocenters. The van der Waals surface area contributed by atoms with Crippen molar-refractivity contribution in [1.29, 1.82) is 0 Å². The fourth-order valence-electron chi connectivity index (χ4n) is 1.63. The molecule has 0 atom stereocenters. The van der Waals surface area contributed by atoms with Crippen molar-refractivity contribution >= 4 is 6.29 Å². The fraction of sp³-hybridized carbons (Fsp3) is 0.667. The summed E-state index contributed by atoms with van der Waals surface area (Å²) in [5, 5.41) is 12.6. The van der Waals surface area contributed by atoms with Crippen molar-refractivity contribution in [3.8, 4) is 0 Å². The summed E-state index contributed by atoms with van der Waals surface area (Å²) < 4.78 is 0. The van der Waals surface area contributed by atoms with Gasteiger partial charge in [-0.1, -0.05) is 6.08 Å². The van der Waals surface area contributed by atoms with Crippen molar-refractivity contribution in [2.24, 2.45) is 0 Å². The molecule has 0 aromatic heterocycles. The smallest absolute Gasteiger partial charge is 0.147 e. The van der Waals surface area contributed by atoms with Crippen LogP contribution in [0.3, 0.4) is 0 Å². The molecule has 1 aliphatic rings. The Labute approximate surface area is 72.6 Å². The number of hydrogen-bond acceptors (Lipinski definition) is 3. The van der Waals surface area contributed by atoms with Gasteiger partial charge in [0.15, 0.2) is 0 Å². The number of carbonyl (C=O) groups is 1. The molecular weight excluding hydrogens is 154 g/mol. The Hall–Kier alpha value is -0.670. The largest absolute Gasteiger partial charge is 0.784 e. The lowest BCUT2D eigenvalue weighted by Gasteiger charge is -2.47. The van der Waals surface area contributed by atoms with Gasteiger partial charge in [-0.15, -0.1) is 0 Å². The van der Waals surface area contributed by atoms with E-state index in [1.807, 2.05) is 0 Å².